The van der Waals surface area contributed by atoms with E-state index in [0.29, 0.717) is 0 Å². The van der Waals surface area contributed by atoms with Gasteiger partial charge in [-0.25, -0.2) is 16.8 Å². The standard InChI is InChI=1S/4C6H6.C3H8O.2C2H6O2S.2C2H6O.C2H6/c4*1-2-4-6-5-3-1;1-3-4-2;2*1-5(2,3)4;2*1-3-2;1-2/h4*1-6H;3H2,1-2H3;2*1-2H3;2*1-2H3;1-2H3. The second kappa shape index (κ2) is 51.2. The summed E-state index contributed by atoms with van der Waals surface area (Å²) in [6, 6.07) is 48.0. The van der Waals surface area contributed by atoms with E-state index in [9.17, 15) is 16.8 Å². The van der Waals surface area contributed by atoms with Gasteiger partial charge in [0.15, 0.2) is 0 Å². The Morgan fingerprint density at radius 2 is 0.391 bits per heavy atom. The summed E-state index contributed by atoms with van der Waals surface area (Å²) < 4.78 is 51.6. The maximum Gasteiger partial charge on any atom is 0.144 e. The predicted molar refractivity (Wildman–Crippen MR) is 202 cm³/mol. The van der Waals surface area contributed by atoms with Gasteiger partial charge in [0.25, 0.3) is 0 Å². The van der Waals surface area contributed by atoms with Gasteiger partial charge in [-0.3, -0.25) is 0 Å². The summed E-state index contributed by atoms with van der Waals surface area (Å²) in [6.45, 7) is 6.78. The summed E-state index contributed by atoms with van der Waals surface area (Å²) in [7, 11) is 2.85. The highest BCUT2D eigenvalue weighted by Gasteiger charge is 1.79. The Balaban J connectivity index is -0.0000000982. The van der Waals surface area contributed by atoms with E-state index in [1.807, 2.05) is 166 Å². The minimum Gasteiger partial charge on any atom is -0.388 e. The second-order valence-corrected chi connectivity index (χ2v) is 12.9. The van der Waals surface area contributed by atoms with Crippen molar-refractivity contribution in [1.29, 1.82) is 0 Å². The monoisotopic (exact) mass is 682 g/mol. The molecule has 0 fully saturated rings. The molecule has 264 valence electrons. The smallest absolute Gasteiger partial charge is 0.144 e. The molecule has 9 heteroatoms. The number of benzene rings is 4. The number of ether oxygens (including phenoxy) is 3. The van der Waals surface area contributed by atoms with Crippen LogP contribution in [0.4, 0.5) is 0 Å². The first-order chi connectivity index (χ1) is 21.7. The fourth-order valence-corrected chi connectivity index (χ4v) is 1.54. The zero-order chi connectivity index (χ0) is 36.8. The average Bonchev–Trinajstić information content (AvgIpc) is 3.06. The highest BCUT2D eigenvalue weighted by atomic mass is 32.2. The Morgan fingerprint density at radius 1 is 0.348 bits per heavy atom. The SMILES string of the molecule is CC.CCOC.COC.COC.CS(C)(=O)=O.CS(C)(=O)=O.c1ccccc1.c1ccccc1.c1ccccc1.c1ccccc1. The van der Waals surface area contributed by atoms with Crippen molar-refractivity contribution in [2.75, 3.05) is 67.2 Å². The van der Waals surface area contributed by atoms with E-state index in [1.165, 1.54) is 0 Å². The molecule has 0 N–H and O–H groups in total. The summed E-state index contributed by atoms with van der Waals surface area (Å²) in [6.07, 6.45) is 4.64. The van der Waals surface area contributed by atoms with E-state index < -0.39 is 19.7 Å². The van der Waals surface area contributed by atoms with Crippen molar-refractivity contribution >= 4 is 19.7 Å². The van der Waals surface area contributed by atoms with Gasteiger partial charge in [-0.15, -0.1) is 0 Å². The third-order valence-electron chi connectivity index (χ3n) is 2.96. The van der Waals surface area contributed by atoms with Crippen molar-refractivity contribution < 1.29 is 31.0 Å². The molecule has 0 aliphatic rings. The molecule has 0 radical (unpaired) electrons. The van der Waals surface area contributed by atoms with Crippen LogP contribution in [0.25, 0.3) is 0 Å². The quantitative estimate of drug-likeness (QED) is 0.199. The topological polar surface area (TPSA) is 96.0 Å². The van der Waals surface area contributed by atoms with Gasteiger partial charge in [0.2, 0.25) is 0 Å². The number of rotatable bonds is 1. The molecule has 0 spiro atoms. The van der Waals surface area contributed by atoms with Crippen LogP contribution in [-0.2, 0) is 33.9 Å². The zero-order valence-electron chi connectivity index (χ0n) is 30.2. The molecular weight excluding hydrogens is 621 g/mol. The number of sulfone groups is 2. The molecule has 0 atom stereocenters. The minimum absolute atomic E-state index is 0.819. The molecule has 46 heavy (non-hydrogen) atoms. The Kier molecular flexibility index (Phi) is 61.4. The van der Waals surface area contributed by atoms with Crippen molar-refractivity contribution in [2.45, 2.75) is 20.8 Å². The fourth-order valence-electron chi connectivity index (χ4n) is 1.54. The molecule has 4 rings (SSSR count). The van der Waals surface area contributed by atoms with E-state index in [1.54, 1.807) is 35.5 Å². The van der Waals surface area contributed by atoms with Gasteiger partial charge in [0, 0.05) is 67.2 Å². The maximum atomic E-state index is 9.63. The summed E-state index contributed by atoms with van der Waals surface area (Å²) in [5.74, 6) is 0. The Hall–Kier alpha value is -3.34. The molecule has 0 amide bonds. The van der Waals surface area contributed by atoms with E-state index in [0.717, 1.165) is 31.6 Å². The average molecular weight is 683 g/mol. The van der Waals surface area contributed by atoms with Gasteiger partial charge in [-0.1, -0.05) is 159 Å². The van der Waals surface area contributed by atoms with Crippen LogP contribution in [0.3, 0.4) is 0 Å². The third kappa shape index (κ3) is 136. The molecule has 4 aromatic carbocycles. The normalized spacial score (nSPS) is 8.26. The van der Waals surface area contributed by atoms with Crippen molar-refractivity contribution in [3.8, 4) is 0 Å². The van der Waals surface area contributed by atoms with Crippen LogP contribution in [0.2, 0.25) is 0 Å². The highest BCUT2D eigenvalue weighted by Crippen LogP contribution is 1.81. The van der Waals surface area contributed by atoms with Gasteiger partial charge >= 0.3 is 0 Å². The zero-order valence-corrected chi connectivity index (χ0v) is 31.9. The lowest BCUT2D eigenvalue weighted by Crippen LogP contribution is -1.86. The molecule has 0 aliphatic carbocycles. The van der Waals surface area contributed by atoms with Gasteiger partial charge in [0.05, 0.1) is 0 Å². The Morgan fingerprint density at radius 3 is 0.413 bits per heavy atom. The van der Waals surface area contributed by atoms with E-state index in [2.05, 4.69) is 14.2 Å². The lowest BCUT2D eigenvalue weighted by atomic mass is 10.4. The molecule has 0 saturated heterocycles. The third-order valence-corrected chi connectivity index (χ3v) is 2.96. The van der Waals surface area contributed by atoms with Crippen molar-refractivity contribution in [2.24, 2.45) is 0 Å². The van der Waals surface area contributed by atoms with Gasteiger partial charge in [0.1, 0.15) is 19.7 Å². The van der Waals surface area contributed by atoms with Crippen molar-refractivity contribution in [1.82, 2.24) is 0 Å². The summed E-state index contributed by atoms with van der Waals surface area (Å²) in [5.41, 5.74) is 0. The lowest BCUT2D eigenvalue weighted by Gasteiger charge is -1.76. The number of hydrogen-bond donors (Lipinski definition) is 0. The van der Waals surface area contributed by atoms with Gasteiger partial charge in [-0.2, -0.15) is 0 Å². The largest absolute Gasteiger partial charge is 0.388 e. The van der Waals surface area contributed by atoms with Crippen LogP contribution < -0.4 is 0 Å². The first-order valence-electron chi connectivity index (χ1n) is 14.3. The molecule has 7 nitrogen and oxygen atoms in total. The first-order valence-corrected chi connectivity index (χ1v) is 18.9. The minimum atomic E-state index is -2.67. The molecule has 0 bridgehead atoms. The highest BCUT2D eigenvalue weighted by molar-refractivity contribution is 7.90. The van der Waals surface area contributed by atoms with E-state index in [4.69, 9.17) is 0 Å². The van der Waals surface area contributed by atoms with Crippen molar-refractivity contribution in [3.63, 3.8) is 0 Å². The molecule has 0 unspecified atom stereocenters. The van der Waals surface area contributed by atoms with Crippen LogP contribution in [0, 0.1) is 0 Å². The Labute approximate surface area is 283 Å². The van der Waals surface area contributed by atoms with Crippen LogP contribution in [-0.4, -0.2) is 84.0 Å². The second-order valence-electron chi connectivity index (χ2n) is 8.30. The Bertz CT molecular complexity index is 879. The van der Waals surface area contributed by atoms with Crippen molar-refractivity contribution in [3.05, 3.63) is 146 Å². The molecule has 0 aliphatic heterocycles. The van der Waals surface area contributed by atoms with Crippen LogP contribution >= 0.6 is 0 Å². The fraction of sp³-hybridized carbons (Fsp3) is 0.351. The molecule has 0 aromatic heterocycles. The number of methoxy groups -OCH3 is 3. The predicted octanol–water partition coefficient (Wildman–Crippen LogP) is 8.27. The maximum absolute atomic E-state index is 9.63. The van der Waals surface area contributed by atoms with E-state index in [-0.39, 0.29) is 0 Å². The molecule has 4 aromatic rings. The van der Waals surface area contributed by atoms with E-state index >= 15 is 0 Å². The molecule has 0 saturated carbocycles. The van der Waals surface area contributed by atoms with Crippen LogP contribution in [0.5, 0.6) is 0 Å². The summed E-state index contributed by atoms with van der Waals surface area (Å²) in [5, 5.41) is 0. The molecular formula is C37H62O7S2. The van der Waals surface area contributed by atoms with Crippen LogP contribution in [0.15, 0.2) is 146 Å². The van der Waals surface area contributed by atoms with Gasteiger partial charge in [-0.05, 0) is 6.92 Å². The summed E-state index contributed by atoms with van der Waals surface area (Å²) in [4.78, 5) is 0. The summed E-state index contributed by atoms with van der Waals surface area (Å²) >= 11 is 0. The first kappa shape index (κ1) is 55.1. The van der Waals surface area contributed by atoms with Crippen LogP contribution in [0.1, 0.15) is 20.8 Å². The number of hydrogen-bond acceptors (Lipinski definition) is 7. The molecule has 0 heterocycles. The van der Waals surface area contributed by atoms with Gasteiger partial charge < -0.3 is 14.2 Å². The lowest BCUT2D eigenvalue weighted by molar-refractivity contribution is 0.215.